The molecule has 0 rings (SSSR count). The first-order valence-electron chi connectivity index (χ1n) is 4.97. The molecule has 0 atom stereocenters. The summed E-state index contributed by atoms with van der Waals surface area (Å²) < 4.78 is 0. The maximum Gasteiger partial charge on any atom is 0.0357 e. The SMILES string of the molecule is CC=C(CCC)CCC=NCC. The summed E-state index contributed by atoms with van der Waals surface area (Å²) in [5.74, 6) is 0. The standard InChI is InChI=1S/C11H21N/c1-4-8-11(5-2)9-7-10-12-6-3/h5,10H,4,6-9H2,1-3H3. The third-order valence-corrected chi connectivity index (χ3v) is 1.89. The van der Waals surface area contributed by atoms with E-state index in [0.717, 1.165) is 13.0 Å². The quantitative estimate of drug-likeness (QED) is 0.423. The smallest absolute Gasteiger partial charge is 0.0357 e. The van der Waals surface area contributed by atoms with E-state index in [0.29, 0.717) is 0 Å². The van der Waals surface area contributed by atoms with Crippen LogP contribution in [0.1, 0.15) is 46.5 Å². The summed E-state index contributed by atoms with van der Waals surface area (Å²) in [4.78, 5) is 4.19. The lowest BCUT2D eigenvalue weighted by Crippen LogP contribution is -1.85. The van der Waals surface area contributed by atoms with Gasteiger partial charge in [0, 0.05) is 6.54 Å². The minimum Gasteiger partial charge on any atom is -0.298 e. The average molecular weight is 167 g/mol. The Hall–Kier alpha value is -0.590. The number of rotatable bonds is 6. The van der Waals surface area contributed by atoms with Crippen molar-refractivity contribution in [1.82, 2.24) is 0 Å². The van der Waals surface area contributed by atoms with Crippen LogP contribution in [0.15, 0.2) is 16.6 Å². The average Bonchev–Trinajstić information content (AvgIpc) is 2.10. The van der Waals surface area contributed by atoms with Gasteiger partial charge >= 0.3 is 0 Å². The molecule has 0 amide bonds. The number of nitrogens with zero attached hydrogens (tertiary/aromatic N) is 1. The second-order valence-electron chi connectivity index (χ2n) is 2.92. The molecule has 0 bridgehead atoms. The zero-order chi connectivity index (χ0) is 9.23. The molecule has 1 heteroatoms. The molecule has 0 aliphatic carbocycles. The first kappa shape index (κ1) is 11.4. The molecule has 0 N–H and O–H groups in total. The van der Waals surface area contributed by atoms with Crippen LogP contribution in [0.25, 0.3) is 0 Å². The molecule has 0 heterocycles. The molecular formula is C11H21N. The van der Waals surface area contributed by atoms with Crippen molar-refractivity contribution in [2.45, 2.75) is 46.5 Å². The van der Waals surface area contributed by atoms with E-state index in [-0.39, 0.29) is 0 Å². The number of allylic oxidation sites excluding steroid dienone is 2. The van der Waals surface area contributed by atoms with E-state index in [2.05, 4.69) is 31.8 Å². The van der Waals surface area contributed by atoms with E-state index < -0.39 is 0 Å². The third kappa shape index (κ3) is 6.14. The number of hydrogen-bond acceptors (Lipinski definition) is 1. The van der Waals surface area contributed by atoms with Gasteiger partial charge in [0.15, 0.2) is 0 Å². The van der Waals surface area contributed by atoms with Gasteiger partial charge in [-0.05, 0) is 39.3 Å². The fraction of sp³-hybridized carbons (Fsp3) is 0.727. The highest BCUT2D eigenvalue weighted by Crippen LogP contribution is 2.10. The van der Waals surface area contributed by atoms with Crippen LogP contribution in [-0.4, -0.2) is 12.8 Å². The maximum absolute atomic E-state index is 4.19. The molecule has 0 aromatic carbocycles. The van der Waals surface area contributed by atoms with Crippen LogP contribution in [0.3, 0.4) is 0 Å². The van der Waals surface area contributed by atoms with Crippen LogP contribution < -0.4 is 0 Å². The van der Waals surface area contributed by atoms with Gasteiger partial charge in [0.25, 0.3) is 0 Å². The molecule has 0 fully saturated rings. The van der Waals surface area contributed by atoms with E-state index in [1.54, 1.807) is 5.57 Å². The van der Waals surface area contributed by atoms with Crippen molar-refractivity contribution >= 4 is 6.21 Å². The Labute approximate surface area is 76.6 Å². The number of aliphatic imine (C=N–C) groups is 1. The van der Waals surface area contributed by atoms with Gasteiger partial charge in [-0.2, -0.15) is 0 Å². The van der Waals surface area contributed by atoms with Gasteiger partial charge in [-0.3, -0.25) is 4.99 Å². The van der Waals surface area contributed by atoms with Gasteiger partial charge in [-0.1, -0.05) is 25.0 Å². The topological polar surface area (TPSA) is 12.4 Å². The lowest BCUT2D eigenvalue weighted by molar-refractivity contribution is 0.838. The highest BCUT2D eigenvalue weighted by molar-refractivity contribution is 5.57. The monoisotopic (exact) mass is 167 g/mol. The molecule has 70 valence electrons. The van der Waals surface area contributed by atoms with Crippen molar-refractivity contribution in [1.29, 1.82) is 0 Å². The first-order chi connectivity index (χ1) is 5.85. The Morgan fingerprint density at radius 3 is 2.50 bits per heavy atom. The van der Waals surface area contributed by atoms with E-state index in [1.165, 1.54) is 19.3 Å². The molecule has 0 aliphatic rings. The normalized spacial score (nSPS) is 12.8. The molecular weight excluding hydrogens is 146 g/mol. The van der Waals surface area contributed by atoms with Gasteiger partial charge in [-0.25, -0.2) is 0 Å². The minimum absolute atomic E-state index is 0.916. The number of hydrogen-bond donors (Lipinski definition) is 0. The van der Waals surface area contributed by atoms with Crippen molar-refractivity contribution in [3.8, 4) is 0 Å². The van der Waals surface area contributed by atoms with E-state index in [9.17, 15) is 0 Å². The van der Waals surface area contributed by atoms with Gasteiger partial charge in [-0.15, -0.1) is 0 Å². The lowest BCUT2D eigenvalue weighted by atomic mass is 10.1. The van der Waals surface area contributed by atoms with Gasteiger partial charge in [0.2, 0.25) is 0 Å². The van der Waals surface area contributed by atoms with E-state index >= 15 is 0 Å². The molecule has 12 heavy (non-hydrogen) atoms. The summed E-state index contributed by atoms with van der Waals surface area (Å²) in [7, 11) is 0. The van der Waals surface area contributed by atoms with Crippen molar-refractivity contribution in [2.75, 3.05) is 6.54 Å². The Bertz CT molecular complexity index is 145. The Kier molecular flexibility index (Phi) is 8.09. The maximum atomic E-state index is 4.19. The molecule has 0 saturated carbocycles. The summed E-state index contributed by atoms with van der Waals surface area (Å²) in [5, 5.41) is 0. The summed E-state index contributed by atoms with van der Waals surface area (Å²) >= 11 is 0. The van der Waals surface area contributed by atoms with Gasteiger partial charge in [0.05, 0.1) is 0 Å². The fourth-order valence-electron chi connectivity index (χ4n) is 1.21. The summed E-state index contributed by atoms with van der Waals surface area (Å²) in [6.45, 7) is 7.34. The third-order valence-electron chi connectivity index (χ3n) is 1.89. The molecule has 1 nitrogen and oxygen atoms in total. The predicted octanol–water partition coefficient (Wildman–Crippen LogP) is 3.60. The van der Waals surface area contributed by atoms with Crippen LogP contribution in [0.4, 0.5) is 0 Å². The van der Waals surface area contributed by atoms with Crippen LogP contribution in [0.2, 0.25) is 0 Å². The molecule has 0 saturated heterocycles. The Balaban J connectivity index is 3.52. The molecule has 0 spiro atoms. The largest absolute Gasteiger partial charge is 0.298 e. The van der Waals surface area contributed by atoms with Gasteiger partial charge < -0.3 is 0 Å². The van der Waals surface area contributed by atoms with Crippen molar-refractivity contribution in [3.05, 3.63) is 11.6 Å². The van der Waals surface area contributed by atoms with E-state index in [1.807, 2.05) is 6.21 Å². The highest BCUT2D eigenvalue weighted by Gasteiger charge is 1.92. The van der Waals surface area contributed by atoms with E-state index in [4.69, 9.17) is 0 Å². The van der Waals surface area contributed by atoms with Crippen LogP contribution in [0, 0.1) is 0 Å². The van der Waals surface area contributed by atoms with Crippen LogP contribution >= 0.6 is 0 Å². The summed E-state index contributed by atoms with van der Waals surface area (Å²) in [6.07, 6.45) is 9.07. The zero-order valence-corrected chi connectivity index (χ0v) is 8.64. The molecule has 0 aromatic heterocycles. The first-order valence-corrected chi connectivity index (χ1v) is 4.97. The van der Waals surface area contributed by atoms with Crippen molar-refractivity contribution in [2.24, 2.45) is 4.99 Å². The summed E-state index contributed by atoms with van der Waals surface area (Å²) in [5.41, 5.74) is 1.57. The zero-order valence-electron chi connectivity index (χ0n) is 8.64. The van der Waals surface area contributed by atoms with Crippen molar-refractivity contribution in [3.63, 3.8) is 0 Å². The minimum atomic E-state index is 0.916. The molecule has 0 unspecified atom stereocenters. The molecule has 0 aliphatic heterocycles. The lowest BCUT2D eigenvalue weighted by Gasteiger charge is -2.01. The van der Waals surface area contributed by atoms with Crippen LogP contribution in [-0.2, 0) is 0 Å². The highest BCUT2D eigenvalue weighted by atomic mass is 14.7. The summed E-state index contributed by atoms with van der Waals surface area (Å²) in [6, 6.07) is 0. The molecule has 0 radical (unpaired) electrons. The second-order valence-corrected chi connectivity index (χ2v) is 2.92. The second kappa shape index (κ2) is 8.51. The Morgan fingerprint density at radius 1 is 1.25 bits per heavy atom. The van der Waals surface area contributed by atoms with Crippen LogP contribution in [0.5, 0.6) is 0 Å². The Morgan fingerprint density at radius 2 is 2.00 bits per heavy atom. The van der Waals surface area contributed by atoms with Crippen molar-refractivity contribution < 1.29 is 0 Å². The molecule has 0 aromatic rings. The fourth-order valence-corrected chi connectivity index (χ4v) is 1.21. The van der Waals surface area contributed by atoms with Gasteiger partial charge in [0.1, 0.15) is 0 Å². The predicted molar refractivity (Wildman–Crippen MR) is 56.9 cm³/mol.